The molecule has 136 valence electrons. The van der Waals surface area contributed by atoms with E-state index in [0.717, 1.165) is 32.2 Å². The Labute approximate surface area is 161 Å². The van der Waals surface area contributed by atoms with Crippen LogP contribution in [0.2, 0.25) is 0 Å². The van der Waals surface area contributed by atoms with Gasteiger partial charge in [-0.15, -0.1) is 0 Å². The van der Waals surface area contributed by atoms with E-state index >= 15 is 0 Å². The quantitative estimate of drug-likeness (QED) is 0.642. The summed E-state index contributed by atoms with van der Waals surface area (Å²) in [4.78, 5) is 15.2. The van der Waals surface area contributed by atoms with Gasteiger partial charge in [0.15, 0.2) is 12.3 Å². The van der Waals surface area contributed by atoms with Crippen LogP contribution in [-0.4, -0.2) is 31.4 Å². The third kappa shape index (κ3) is 4.86. The van der Waals surface area contributed by atoms with Crippen LogP contribution in [0.1, 0.15) is 11.5 Å². The predicted octanol–water partition coefficient (Wildman–Crippen LogP) is 2.98. The number of carbonyl (C=O) groups excluding carboxylic acids is 1. The van der Waals surface area contributed by atoms with E-state index in [2.05, 4.69) is 15.9 Å². The van der Waals surface area contributed by atoms with Gasteiger partial charge in [0.25, 0.3) is 5.91 Å². The normalized spacial score (nSPS) is 12.1. The molecule has 3 rings (SSSR count). The number of hydrogen-bond donors (Lipinski definition) is 1. The highest BCUT2D eigenvalue weighted by molar-refractivity contribution is 9.10. The van der Waals surface area contributed by atoms with E-state index in [4.69, 9.17) is 8.83 Å². The van der Waals surface area contributed by atoms with Crippen molar-refractivity contribution >= 4 is 21.8 Å². The van der Waals surface area contributed by atoms with Crippen LogP contribution in [0, 0.1) is 0 Å². The molecule has 0 fully saturated rings. The number of carbonyl (C=O) groups is 1. The molecule has 0 saturated carbocycles. The average Bonchev–Trinajstić information content (AvgIpc) is 3.27. The molecule has 0 aliphatic rings. The topological polar surface area (TPSA) is 51.0 Å². The van der Waals surface area contributed by atoms with Crippen LogP contribution in [0.3, 0.4) is 0 Å². The van der Waals surface area contributed by atoms with Gasteiger partial charge in [-0.1, -0.05) is 28.1 Å². The summed E-state index contributed by atoms with van der Waals surface area (Å²) in [6, 6.07) is 15.6. The zero-order valence-electron chi connectivity index (χ0n) is 14.9. The molecule has 26 heavy (non-hydrogen) atoms. The number of benzene rings is 1. The van der Waals surface area contributed by atoms with Crippen LogP contribution in [0.15, 0.2) is 68.1 Å². The molecule has 1 unspecified atom stereocenters. The van der Waals surface area contributed by atoms with Gasteiger partial charge in [0.05, 0.1) is 19.9 Å². The minimum Gasteiger partial charge on any atom is -0.463 e. The molecule has 2 aromatic heterocycles. The monoisotopic (exact) mass is 417 g/mol. The summed E-state index contributed by atoms with van der Waals surface area (Å²) in [5, 5.41) is 0. The molecular formula is C20H22BrN2O3+. The Morgan fingerprint density at radius 2 is 1.88 bits per heavy atom. The molecule has 1 N–H and O–H groups in total. The van der Waals surface area contributed by atoms with E-state index < -0.39 is 0 Å². The van der Waals surface area contributed by atoms with E-state index in [1.165, 1.54) is 0 Å². The second-order valence-corrected chi connectivity index (χ2v) is 7.33. The largest absolute Gasteiger partial charge is 0.463 e. The van der Waals surface area contributed by atoms with E-state index in [-0.39, 0.29) is 5.91 Å². The average molecular weight is 418 g/mol. The maximum atomic E-state index is 12.4. The van der Waals surface area contributed by atoms with Crippen molar-refractivity contribution in [1.82, 2.24) is 4.90 Å². The number of nitrogens with one attached hydrogen (secondary N) is 1. The minimum atomic E-state index is 0.0654. The molecule has 0 bridgehead atoms. The first-order valence-electron chi connectivity index (χ1n) is 8.43. The molecule has 0 radical (unpaired) electrons. The van der Waals surface area contributed by atoms with Crippen LogP contribution in [0.5, 0.6) is 0 Å². The Bertz CT molecular complexity index is 840. The molecule has 1 aromatic carbocycles. The maximum absolute atomic E-state index is 12.4. The van der Waals surface area contributed by atoms with Crippen molar-refractivity contribution in [2.45, 2.75) is 13.1 Å². The maximum Gasteiger partial charge on any atom is 0.277 e. The predicted molar refractivity (Wildman–Crippen MR) is 102 cm³/mol. The van der Waals surface area contributed by atoms with Gasteiger partial charge in [-0.2, -0.15) is 0 Å². The number of quaternary nitrogens is 1. The van der Waals surface area contributed by atoms with Crippen LogP contribution < -0.4 is 4.90 Å². The summed E-state index contributed by atoms with van der Waals surface area (Å²) in [7, 11) is 3.77. The third-order valence-electron chi connectivity index (χ3n) is 4.12. The molecule has 0 aliphatic heterocycles. The van der Waals surface area contributed by atoms with Crippen molar-refractivity contribution in [2.75, 3.05) is 20.6 Å². The van der Waals surface area contributed by atoms with Crippen LogP contribution in [0.4, 0.5) is 0 Å². The van der Waals surface area contributed by atoms with Gasteiger partial charge in [-0.3, -0.25) is 4.79 Å². The lowest BCUT2D eigenvalue weighted by Gasteiger charge is -2.18. The fourth-order valence-electron chi connectivity index (χ4n) is 2.72. The van der Waals surface area contributed by atoms with Gasteiger partial charge in [-0.05, 0) is 36.4 Å². The Balaban J connectivity index is 1.54. The van der Waals surface area contributed by atoms with Crippen molar-refractivity contribution in [1.29, 1.82) is 0 Å². The molecule has 1 atom stereocenters. The minimum absolute atomic E-state index is 0.0654. The van der Waals surface area contributed by atoms with Crippen molar-refractivity contribution in [3.63, 3.8) is 0 Å². The second-order valence-electron chi connectivity index (χ2n) is 6.41. The molecule has 1 amide bonds. The lowest BCUT2D eigenvalue weighted by atomic mass is 10.2. The summed E-state index contributed by atoms with van der Waals surface area (Å²) >= 11 is 3.43. The Morgan fingerprint density at radius 3 is 2.58 bits per heavy atom. The van der Waals surface area contributed by atoms with Gasteiger partial charge in [0.2, 0.25) is 0 Å². The first-order valence-corrected chi connectivity index (χ1v) is 9.23. The first-order chi connectivity index (χ1) is 12.5. The van der Waals surface area contributed by atoms with Crippen molar-refractivity contribution in [2.24, 2.45) is 0 Å². The highest BCUT2D eigenvalue weighted by Crippen LogP contribution is 2.24. The van der Waals surface area contributed by atoms with Crippen molar-refractivity contribution in [3.8, 4) is 11.3 Å². The zero-order valence-corrected chi connectivity index (χ0v) is 16.5. The number of nitrogens with zero attached hydrogens (tertiary/aromatic N) is 1. The summed E-state index contributed by atoms with van der Waals surface area (Å²) in [5.41, 5.74) is 1.01. The van der Waals surface area contributed by atoms with E-state index in [1.807, 2.05) is 55.6 Å². The number of likely N-dealkylation sites (N-methyl/N-ethyl adjacent to an activating group) is 2. The number of amides is 1. The Morgan fingerprint density at radius 1 is 1.12 bits per heavy atom. The van der Waals surface area contributed by atoms with Gasteiger partial charge in [0, 0.05) is 17.1 Å². The van der Waals surface area contributed by atoms with Gasteiger partial charge in [0.1, 0.15) is 18.1 Å². The Kier molecular flexibility index (Phi) is 5.96. The molecule has 3 aromatic rings. The van der Waals surface area contributed by atoms with Crippen molar-refractivity contribution in [3.05, 3.63) is 70.8 Å². The number of halogens is 1. The van der Waals surface area contributed by atoms with E-state index in [0.29, 0.717) is 19.6 Å². The molecule has 0 aliphatic carbocycles. The van der Waals surface area contributed by atoms with Gasteiger partial charge in [-0.25, -0.2) is 0 Å². The fraction of sp³-hybridized carbons (Fsp3) is 0.250. The highest BCUT2D eigenvalue weighted by atomic mass is 79.9. The zero-order chi connectivity index (χ0) is 18.5. The first kappa shape index (κ1) is 18.5. The van der Waals surface area contributed by atoms with Crippen molar-refractivity contribution < 1.29 is 18.5 Å². The Hall–Kier alpha value is -2.31. The molecule has 2 heterocycles. The highest BCUT2D eigenvalue weighted by Gasteiger charge is 2.17. The SMILES string of the molecule is CN(Cc1ccc(-c2ccc(Br)cc2)o1)C(=O)C[NH+](C)Cc1ccco1. The van der Waals surface area contributed by atoms with E-state index in [9.17, 15) is 4.79 Å². The fourth-order valence-corrected chi connectivity index (χ4v) is 2.98. The number of rotatable bonds is 7. The molecule has 6 heteroatoms. The van der Waals surface area contributed by atoms with Crippen LogP contribution in [-0.2, 0) is 17.9 Å². The van der Waals surface area contributed by atoms with Crippen LogP contribution >= 0.6 is 15.9 Å². The molecule has 0 saturated heterocycles. The molecular weight excluding hydrogens is 396 g/mol. The van der Waals surface area contributed by atoms with Gasteiger partial charge >= 0.3 is 0 Å². The summed E-state index contributed by atoms with van der Waals surface area (Å²) < 4.78 is 12.2. The third-order valence-corrected chi connectivity index (χ3v) is 4.65. The lowest BCUT2D eigenvalue weighted by molar-refractivity contribution is -0.886. The van der Waals surface area contributed by atoms with Crippen LogP contribution in [0.25, 0.3) is 11.3 Å². The lowest BCUT2D eigenvalue weighted by Crippen LogP contribution is -3.08. The summed E-state index contributed by atoms with van der Waals surface area (Å²) in [6.07, 6.45) is 1.65. The second kappa shape index (κ2) is 8.38. The number of hydrogen-bond acceptors (Lipinski definition) is 3. The number of furan rings is 2. The molecule has 0 spiro atoms. The standard InChI is InChI=1S/C20H21BrN2O3/c1-22(12-17-4-3-11-25-17)14-20(24)23(2)13-18-9-10-19(26-18)15-5-7-16(21)8-6-15/h3-11H,12-14H2,1-2H3/p+1. The molecule has 5 nitrogen and oxygen atoms in total. The smallest absolute Gasteiger partial charge is 0.277 e. The van der Waals surface area contributed by atoms with Gasteiger partial charge < -0.3 is 18.6 Å². The van der Waals surface area contributed by atoms with E-state index in [1.54, 1.807) is 18.2 Å². The summed E-state index contributed by atoms with van der Waals surface area (Å²) in [6.45, 7) is 1.53. The summed E-state index contributed by atoms with van der Waals surface area (Å²) in [5.74, 6) is 2.51.